The summed E-state index contributed by atoms with van der Waals surface area (Å²) in [6, 6.07) is 9.56. The number of sulfonamides is 1. The average molecular weight is 422 g/mol. The Kier molecular flexibility index (Phi) is 6.33. The van der Waals surface area contributed by atoms with E-state index in [2.05, 4.69) is 13.8 Å². The summed E-state index contributed by atoms with van der Waals surface area (Å²) in [4.78, 5) is 14.1. The van der Waals surface area contributed by atoms with Gasteiger partial charge in [0.2, 0.25) is 10.0 Å². The predicted molar refractivity (Wildman–Crippen MR) is 106 cm³/mol. The van der Waals surface area contributed by atoms with Gasteiger partial charge in [0.1, 0.15) is 11.6 Å². The zero-order valence-electron chi connectivity index (χ0n) is 16.4. The molecular weight excluding hydrogens is 398 g/mol. The maximum Gasteiger partial charge on any atom is 0.254 e. The number of nitrogens with zero attached hydrogens (tertiary/aromatic N) is 2. The molecule has 1 heterocycles. The Morgan fingerprint density at radius 2 is 1.55 bits per heavy atom. The largest absolute Gasteiger partial charge is 0.336 e. The Balaban J connectivity index is 1.68. The van der Waals surface area contributed by atoms with Gasteiger partial charge < -0.3 is 4.90 Å². The van der Waals surface area contributed by atoms with Crippen molar-refractivity contribution < 1.29 is 22.0 Å². The van der Waals surface area contributed by atoms with E-state index in [-0.39, 0.29) is 36.6 Å². The van der Waals surface area contributed by atoms with Crippen LogP contribution in [0.15, 0.2) is 47.4 Å². The number of halogens is 2. The van der Waals surface area contributed by atoms with Crippen molar-refractivity contribution in [3.05, 3.63) is 65.2 Å². The maximum atomic E-state index is 13.4. The van der Waals surface area contributed by atoms with Crippen molar-refractivity contribution in [2.24, 2.45) is 0 Å². The van der Waals surface area contributed by atoms with Crippen molar-refractivity contribution in [3.8, 4) is 0 Å². The highest BCUT2D eigenvalue weighted by Gasteiger charge is 2.30. The van der Waals surface area contributed by atoms with Crippen LogP contribution in [0.1, 0.15) is 42.1 Å². The van der Waals surface area contributed by atoms with Crippen molar-refractivity contribution in [1.29, 1.82) is 0 Å². The van der Waals surface area contributed by atoms with Gasteiger partial charge in [-0.2, -0.15) is 4.31 Å². The first-order chi connectivity index (χ1) is 13.7. The number of hydrogen-bond acceptors (Lipinski definition) is 3. The molecule has 8 heteroatoms. The predicted octanol–water partition coefficient (Wildman–Crippen LogP) is 3.63. The van der Waals surface area contributed by atoms with Gasteiger partial charge in [0, 0.05) is 37.8 Å². The molecule has 3 rings (SSSR count). The molecule has 1 atom stereocenters. The molecule has 1 aliphatic rings. The lowest BCUT2D eigenvalue weighted by Crippen LogP contribution is -2.50. The van der Waals surface area contributed by atoms with Gasteiger partial charge in [-0.1, -0.05) is 26.0 Å². The molecule has 156 valence electrons. The van der Waals surface area contributed by atoms with Gasteiger partial charge in [-0.25, -0.2) is 17.2 Å². The number of rotatable bonds is 5. The SMILES string of the molecule is CC[C@H](C)c1ccc(S(=O)(=O)N2CCN(C(=O)c3cc(F)cc(F)c3)CC2)cc1. The lowest BCUT2D eigenvalue weighted by Gasteiger charge is -2.34. The van der Waals surface area contributed by atoms with Crippen molar-refractivity contribution in [3.63, 3.8) is 0 Å². The second kappa shape index (κ2) is 8.59. The third-order valence-corrected chi connectivity index (χ3v) is 7.25. The zero-order chi connectivity index (χ0) is 21.2. The Bertz CT molecular complexity index is 965. The lowest BCUT2D eigenvalue weighted by molar-refractivity contribution is 0.0697. The number of benzene rings is 2. The molecule has 0 aromatic heterocycles. The van der Waals surface area contributed by atoms with Gasteiger partial charge in [0.05, 0.1) is 4.90 Å². The third kappa shape index (κ3) is 4.64. The summed E-state index contributed by atoms with van der Waals surface area (Å²) in [6.45, 7) is 4.72. The smallest absolute Gasteiger partial charge is 0.254 e. The molecule has 0 bridgehead atoms. The monoisotopic (exact) mass is 422 g/mol. The first-order valence-electron chi connectivity index (χ1n) is 9.58. The number of hydrogen-bond donors (Lipinski definition) is 0. The summed E-state index contributed by atoms with van der Waals surface area (Å²) in [5, 5.41) is 0. The second-order valence-electron chi connectivity index (χ2n) is 7.23. The third-order valence-electron chi connectivity index (χ3n) is 5.33. The van der Waals surface area contributed by atoms with E-state index in [1.165, 1.54) is 9.21 Å². The number of carbonyl (C=O) groups is 1. The van der Waals surface area contributed by atoms with Gasteiger partial charge in [-0.15, -0.1) is 0 Å². The summed E-state index contributed by atoms with van der Waals surface area (Å²) in [5.41, 5.74) is 1.00. The highest BCUT2D eigenvalue weighted by molar-refractivity contribution is 7.89. The summed E-state index contributed by atoms with van der Waals surface area (Å²) in [6.07, 6.45) is 0.970. The van der Waals surface area contributed by atoms with E-state index >= 15 is 0 Å². The minimum Gasteiger partial charge on any atom is -0.336 e. The molecule has 0 spiro atoms. The zero-order valence-corrected chi connectivity index (χ0v) is 17.3. The van der Waals surface area contributed by atoms with E-state index in [1.807, 2.05) is 12.1 Å². The summed E-state index contributed by atoms with van der Waals surface area (Å²) >= 11 is 0. The van der Waals surface area contributed by atoms with E-state index in [9.17, 15) is 22.0 Å². The van der Waals surface area contributed by atoms with Crippen LogP contribution in [0.3, 0.4) is 0 Å². The summed E-state index contributed by atoms with van der Waals surface area (Å²) < 4.78 is 53.9. The molecule has 1 aliphatic heterocycles. The standard InChI is InChI=1S/C21H24F2N2O3S/c1-3-15(2)16-4-6-20(7-5-16)29(27,28)25-10-8-24(9-11-25)21(26)17-12-18(22)14-19(23)13-17/h4-7,12-15H,3,8-11H2,1-2H3/t15-/m0/s1. The van der Waals surface area contributed by atoms with Crippen LogP contribution in [-0.4, -0.2) is 49.7 Å². The van der Waals surface area contributed by atoms with Crippen LogP contribution in [0, 0.1) is 11.6 Å². The molecule has 0 aliphatic carbocycles. The molecule has 29 heavy (non-hydrogen) atoms. The van der Waals surface area contributed by atoms with Gasteiger partial charge in [0.25, 0.3) is 5.91 Å². The van der Waals surface area contributed by atoms with Gasteiger partial charge in [-0.05, 0) is 42.2 Å². The maximum absolute atomic E-state index is 13.4. The molecule has 1 saturated heterocycles. The second-order valence-corrected chi connectivity index (χ2v) is 9.17. The normalized spacial score (nSPS) is 16.6. The van der Waals surface area contributed by atoms with Crippen molar-refractivity contribution in [2.75, 3.05) is 26.2 Å². The molecule has 2 aromatic carbocycles. The minimum absolute atomic E-state index is 0.0839. The van der Waals surface area contributed by atoms with Gasteiger partial charge in [-0.3, -0.25) is 4.79 Å². The Labute approximate surface area is 170 Å². The van der Waals surface area contributed by atoms with Crippen LogP contribution in [0.4, 0.5) is 8.78 Å². The van der Waals surface area contributed by atoms with Crippen LogP contribution in [0.2, 0.25) is 0 Å². The fourth-order valence-electron chi connectivity index (χ4n) is 3.34. The van der Waals surface area contributed by atoms with Crippen LogP contribution in [-0.2, 0) is 10.0 Å². The van der Waals surface area contributed by atoms with Crippen LogP contribution in [0.25, 0.3) is 0 Å². The first-order valence-corrected chi connectivity index (χ1v) is 11.0. The molecule has 0 unspecified atom stereocenters. The Morgan fingerprint density at radius 1 is 1.00 bits per heavy atom. The van der Waals surface area contributed by atoms with E-state index in [4.69, 9.17) is 0 Å². The number of carbonyl (C=O) groups excluding carboxylic acids is 1. The highest BCUT2D eigenvalue weighted by Crippen LogP contribution is 2.23. The summed E-state index contributed by atoms with van der Waals surface area (Å²) in [5.74, 6) is -1.81. The minimum atomic E-state index is -3.66. The molecule has 0 radical (unpaired) electrons. The topological polar surface area (TPSA) is 57.7 Å². The number of amides is 1. The van der Waals surface area contributed by atoms with Crippen molar-refractivity contribution in [1.82, 2.24) is 9.21 Å². The molecule has 0 saturated carbocycles. The van der Waals surface area contributed by atoms with Crippen LogP contribution >= 0.6 is 0 Å². The van der Waals surface area contributed by atoms with Crippen molar-refractivity contribution in [2.45, 2.75) is 31.1 Å². The summed E-state index contributed by atoms with van der Waals surface area (Å²) in [7, 11) is -3.66. The molecule has 0 N–H and O–H groups in total. The van der Waals surface area contributed by atoms with E-state index in [0.717, 1.165) is 24.1 Å². The Morgan fingerprint density at radius 3 is 2.07 bits per heavy atom. The average Bonchev–Trinajstić information content (AvgIpc) is 2.72. The lowest BCUT2D eigenvalue weighted by atomic mass is 9.99. The first kappa shape index (κ1) is 21.4. The van der Waals surface area contributed by atoms with E-state index in [1.54, 1.807) is 12.1 Å². The number of piperazine rings is 1. The molecule has 1 amide bonds. The van der Waals surface area contributed by atoms with Crippen LogP contribution in [0.5, 0.6) is 0 Å². The molecule has 5 nitrogen and oxygen atoms in total. The highest BCUT2D eigenvalue weighted by atomic mass is 32.2. The van der Waals surface area contributed by atoms with Crippen LogP contribution < -0.4 is 0 Å². The van der Waals surface area contributed by atoms with Gasteiger partial charge >= 0.3 is 0 Å². The van der Waals surface area contributed by atoms with Crippen molar-refractivity contribution >= 4 is 15.9 Å². The fourth-order valence-corrected chi connectivity index (χ4v) is 4.77. The molecule has 2 aromatic rings. The fraction of sp³-hybridized carbons (Fsp3) is 0.381. The quantitative estimate of drug-likeness (QED) is 0.740. The Hall–Kier alpha value is -2.32. The van der Waals surface area contributed by atoms with Gasteiger partial charge in [0.15, 0.2) is 0 Å². The molecular formula is C21H24F2N2O3S. The molecule has 1 fully saturated rings. The van der Waals surface area contributed by atoms with E-state index < -0.39 is 27.6 Å². The van der Waals surface area contributed by atoms with E-state index in [0.29, 0.717) is 12.0 Å².